The van der Waals surface area contributed by atoms with E-state index in [0.29, 0.717) is 12.3 Å². The van der Waals surface area contributed by atoms with Gasteiger partial charge in [0.15, 0.2) is 9.84 Å². The first-order valence-electron chi connectivity index (χ1n) is 8.01. The predicted molar refractivity (Wildman–Crippen MR) is 84.0 cm³/mol. The molecule has 3 rings (SSSR count). The number of hydrogen-bond donors (Lipinski definition) is 0. The highest BCUT2D eigenvalue weighted by Gasteiger charge is 2.37. The van der Waals surface area contributed by atoms with Crippen LogP contribution in [-0.2, 0) is 19.4 Å². The van der Waals surface area contributed by atoms with Crippen molar-refractivity contribution < 1.29 is 17.9 Å². The van der Waals surface area contributed by atoms with E-state index in [1.54, 1.807) is 0 Å². The van der Waals surface area contributed by atoms with Gasteiger partial charge in [-0.1, -0.05) is 43.2 Å². The molecule has 0 N–H and O–H groups in total. The normalized spacial score (nSPS) is 25.9. The lowest BCUT2D eigenvalue weighted by Gasteiger charge is -2.25. The molecule has 22 heavy (non-hydrogen) atoms. The van der Waals surface area contributed by atoms with Gasteiger partial charge in [0, 0.05) is 5.92 Å². The van der Waals surface area contributed by atoms with E-state index in [4.69, 9.17) is 4.74 Å². The third-order valence-electron chi connectivity index (χ3n) is 4.76. The maximum absolute atomic E-state index is 12.4. The monoisotopic (exact) mass is 322 g/mol. The molecule has 120 valence electrons. The summed E-state index contributed by atoms with van der Waals surface area (Å²) >= 11 is 0. The summed E-state index contributed by atoms with van der Waals surface area (Å²) in [6, 6.07) is 9.82. The zero-order valence-corrected chi connectivity index (χ0v) is 13.4. The van der Waals surface area contributed by atoms with Crippen molar-refractivity contribution in [1.29, 1.82) is 0 Å². The smallest absolute Gasteiger partial charge is 0.310 e. The molecule has 4 nitrogen and oxygen atoms in total. The van der Waals surface area contributed by atoms with Gasteiger partial charge in [0.1, 0.15) is 6.10 Å². The zero-order chi connectivity index (χ0) is 15.6. The fraction of sp³-hybridized carbons (Fsp3) is 0.588. The average Bonchev–Trinajstić information content (AvgIpc) is 3.15. The van der Waals surface area contributed by atoms with E-state index in [9.17, 15) is 13.2 Å². The fourth-order valence-electron chi connectivity index (χ4n) is 3.54. The van der Waals surface area contributed by atoms with E-state index in [0.717, 1.165) is 18.4 Å². The van der Waals surface area contributed by atoms with Gasteiger partial charge in [0.05, 0.1) is 17.4 Å². The molecule has 2 atom stereocenters. The Hall–Kier alpha value is -1.36. The van der Waals surface area contributed by atoms with E-state index < -0.39 is 15.8 Å². The predicted octanol–water partition coefficient (Wildman–Crippen LogP) is 2.90. The molecular formula is C17H22O4S. The molecule has 0 bridgehead atoms. The molecule has 2 aliphatic rings. The molecule has 0 aromatic heterocycles. The molecule has 1 heterocycles. The zero-order valence-electron chi connectivity index (χ0n) is 12.6. The van der Waals surface area contributed by atoms with Crippen molar-refractivity contribution in [1.82, 2.24) is 0 Å². The number of carbonyl (C=O) groups is 1. The molecule has 2 unspecified atom stereocenters. The van der Waals surface area contributed by atoms with E-state index in [1.807, 2.05) is 30.3 Å². The first kappa shape index (κ1) is 15.5. The Bertz CT molecular complexity index is 617. The maximum atomic E-state index is 12.4. The van der Waals surface area contributed by atoms with Crippen LogP contribution >= 0.6 is 0 Å². The Morgan fingerprint density at radius 2 is 1.77 bits per heavy atom. The van der Waals surface area contributed by atoms with Crippen molar-refractivity contribution >= 4 is 15.8 Å². The standard InChI is InChI=1S/C17H22O4S/c18-17(15-10-11-22(19,20)12-15)21-16(14-8-4-5-9-14)13-6-2-1-3-7-13/h1-3,6-7,14-16H,4-5,8-12H2. The van der Waals surface area contributed by atoms with Gasteiger partial charge in [-0.05, 0) is 24.8 Å². The summed E-state index contributed by atoms with van der Waals surface area (Å²) in [5.41, 5.74) is 1.02. The van der Waals surface area contributed by atoms with Gasteiger partial charge in [0.2, 0.25) is 0 Å². The van der Waals surface area contributed by atoms with Gasteiger partial charge < -0.3 is 4.74 Å². The van der Waals surface area contributed by atoms with Gasteiger partial charge in [-0.2, -0.15) is 0 Å². The maximum Gasteiger partial charge on any atom is 0.310 e. The van der Waals surface area contributed by atoms with Crippen LogP contribution in [0, 0.1) is 11.8 Å². The largest absolute Gasteiger partial charge is 0.457 e. The van der Waals surface area contributed by atoms with Crippen LogP contribution in [0.1, 0.15) is 43.8 Å². The lowest BCUT2D eigenvalue weighted by Crippen LogP contribution is -2.24. The summed E-state index contributed by atoms with van der Waals surface area (Å²) < 4.78 is 28.9. The topological polar surface area (TPSA) is 60.4 Å². The molecule has 1 aromatic carbocycles. The average molecular weight is 322 g/mol. The van der Waals surface area contributed by atoms with Crippen molar-refractivity contribution in [2.75, 3.05) is 11.5 Å². The molecule has 0 amide bonds. The van der Waals surface area contributed by atoms with Gasteiger partial charge in [-0.15, -0.1) is 0 Å². The minimum Gasteiger partial charge on any atom is -0.457 e. The van der Waals surface area contributed by atoms with Crippen molar-refractivity contribution in [2.24, 2.45) is 11.8 Å². The summed E-state index contributed by atoms with van der Waals surface area (Å²) in [5, 5.41) is 0. The number of rotatable bonds is 4. The molecule has 1 aliphatic heterocycles. The first-order chi connectivity index (χ1) is 10.6. The molecule has 1 saturated heterocycles. The minimum atomic E-state index is -3.06. The molecule has 1 aliphatic carbocycles. The Kier molecular flexibility index (Phi) is 4.52. The highest BCUT2D eigenvalue weighted by Crippen LogP contribution is 2.39. The van der Waals surface area contributed by atoms with Crippen molar-refractivity contribution in [3.8, 4) is 0 Å². The van der Waals surface area contributed by atoms with Crippen LogP contribution in [0.4, 0.5) is 0 Å². The lowest BCUT2D eigenvalue weighted by atomic mass is 9.94. The summed E-state index contributed by atoms with van der Waals surface area (Å²) in [4.78, 5) is 12.4. The van der Waals surface area contributed by atoms with E-state index >= 15 is 0 Å². The molecule has 1 saturated carbocycles. The Morgan fingerprint density at radius 3 is 2.36 bits per heavy atom. The highest BCUT2D eigenvalue weighted by molar-refractivity contribution is 7.91. The van der Waals surface area contributed by atoms with E-state index in [2.05, 4.69) is 0 Å². The van der Waals surface area contributed by atoms with Crippen molar-refractivity contribution in [3.05, 3.63) is 35.9 Å². The van der Waals surface area contributed by atoms with Crippen LogP contribution in [0.2, 0.25) is 0 Å². The van der Waals surface area contributed by atoms with E-state index in [1.165, 1.54) is 12.8 Å². The minimum absolute atomic E-state index is 0.0575. The Balaban J connectivity index is 1.74. The summed E-state index contributed by atoms with van der Waals surface area (Å²) in [6.45, 7) is 0. The summed E-state index contributed by atoms with van der Waals surface area (Å²) in [6.07, 6.45) is 4.63. The van der Waals surface area contributed by atoms with Crippen molar-refractivity contribution in [2.45, 2.75) is 38.2 Å². The Labute approximate surface area is 131 Å². The quantitative estimate of drug-likeness (QED) is 0.800. The van der Waals surface area contributed by atoms with Gasteiger partial charge in [0.25, 0.3) is 0 Å². The number of hydrogen-bond acceptors (Lipinski definition) is 4. The molecule has 1 aromatic rings. The number of sulfone groups is 1. The lowest BCUT2D eigenvalue weighted by molar-refractivity contribution is -0.156. The molecule has 2 fully saturated rings. The fourth-order valence-corrected chi connectivity index (χ4v) is 5.27. The third kappa shape index (κ3) is 3.51. The molecule has 0 radical (unpaired) electrons. The Morgan fingerprint density at radius 1 is 1.09 bits per heavy atom. The second kappa shape index (κ2) is 6.41. The third-order valence-corrected chi connectivity index (χ3v) is 6.53. The number of carbonyl (C=O) groups excluding carboxylic acids is 1. The second-order valence-electron chi connectivity index (χ2n) is 6.41. The van der Waals surface area contributed by atoms with Crippen LogP contribution in [-0.4, -0.2) is 25.9 Å². The molecular weight excluding hydrogens is 300 g/mol. The SMILES string of the molecule is O=C(OC(c1ccccc1)C1CCCC1)C1CCS(=O)(=O)C1. The summed E-state index contributed by atoms with van der Waals surface area (Å²) in [5.74, 6) is -0.437. The molecule has 5 heteroatoms. The van der Waals surface area contributed by atoms with Crippen LogP contribution in [0.15, 0.2) is 30.3 Å². The van der Waals surface area contributed by atoms with Gasteiger partial charge in [-0.3, -0.25) is 4.79 Å². The first-order valence-corrected chi connectivity index (χ1v) is 9.83. The van der Waals surface area contributed by atoms with Crippen LogP contribution < -0.4 is 0 Å². The number of esters is 1. The molecule has 0 spiro atoms. The van der Waals surface area contributed by atoms with Crippen LogP contribution in [0.5, 0.6) is 0 Å². The highest BCUT2D eigenvalue weighted by atomic mass is 32.2. The number of ether oxygens (including phenoxy) is 1. The van der Waals surface area contributed by atoms with Gasteiger partial charge >= 0.3 is 5.97 Å². The van der Waals surface area contributed by atoms with Gasteiger partial charge in [-0.25, -0.2) is 8.42 Å². The van der Waals surface area contributed by atoms with E-state index in [-0.39, 0.29) is 23.6 Å². The second-order valence-corrected chi connectivity index (χ2v) is 8.64. The summed E-state index contributed by atoms with van der Waals surface area (Å²) in [7, 11) is -3.06. The van der Waals surface area contributed by atoms with Crippen molar-refractivity contribution in [3.63, 3.8) is 0 Å². The van der Waals surface area contributed by atoms with Crippen LogP contribution in [0.25, 0.3) is 0 Å². The number of benzene rings is 1. The van der Waals surface area contributed by atoms with Crippen LogP contribution in [0.3, 0.4) is 0 Å².